The normalized spacial score (nSPS) is 29.3. The zero-order valence-electron chi connectivity index (χ0n) is 9.63. The number of amides is 1. The number of rotatable bonds is 3. The van der Waals surface area contributed by atoms with Crippen LogP contribution in [0, 0.1) is 5.92 Å². The second kappa shape index (κ2) is 5.73. The highest BCUT2D eigenvalue weighted by Gasteiger charge is 2.34. The number of hydrogen-bond acceptors (Lipinski definition) is 4. The second-order valence-corrected chi connectivity index (χ2v) is 5.57. The van der Waals surface area contributed by atoms with Gasteiger partial charge in [-0.05, 0) is 12.2 Å². The molecule has 1 amide bonds. The Morgan fingerprint density at radius 1 is 1.47 bits per heavy atom. The first-order valence-electron chi connectivity index (χ1n) is 5.86. The number of carboxylic acid groups (broad SMARTS) is 1. The number of carbonyl (C=O) groups is 2. The van der Waals surface area contributed by atoms with Gasteiger partial charge in [0.05, 0.1) is 25.7 Å². The number of hydrogen-bond donors (Lipinski definition) is 1. The van der Waals surface area contributed by atoms with Gasteiger partial charge in [0.25, 0.3) is 0 Å². The fourth-order valence-corrected chi connectivity index (χ4v) is 3.49. The largest absolute Gasteiger partial charge is 0.481 e. The van der Waals surface area contributed by atoms with Crippen molar-refractivity contribution in [3.05, 3.63) is 0 Å². The summed E-state index contributed by atoms with van der Waals surface area (Å²) in [6.45, 7) is 1.39. The van der Waals surface area contributed by atoms with Crippen LogP contribution in [0.5, 0.6) is 0 Å². The number of morpholine rings is 1. The molecule has 0 aromatic heterocycles. The van der Waals surface area contributed by atoms with E-state index in [1.165, 1.54) is 0 Å². The van der Waals surface area contributed by atoms with Gasteiger partial charge in [-0.25, -0.2) is 0 Å². The van der Waals surface area contributed by atoms with Crippen LogP contribution in [0.1, 0.15) is 12.8 Å². The van der Waals surface area contributed by atoms with Crippen LogP contribution < -0.4 is 0 Å². The third kappa shape index (κ3) is 3.13. The lowest BCUT2D eigenvalue weighted by Crippen LogP contribution is -2.51. The van der Waals surface area contributed by atoms with Crippen molar-refractivity contribution in [2.45, 2.75) is 18.9 Å². The van der Waals surface area contributed by atoms with Crippen LogP contribution in [-0.2, 0) is 14.3 Å². The van der Waals surface area contributed by atoms with E-state index < -0.39 is 5.97 Å². The number of carboxylic acids is 1. The molecule has 0 radical (unpaired) electrons. The third-order valence-electron chi connectivity index (χ3n) is 3.20. The van der Waals surface area contributed by atoms with E-state index in [4.69, 9.17) is 9.84 Å². The predicted molar refractivity (Wildman–Crippen MR) is 64.0 cm³/mol. The van der Waals surface area contributed by atoms with E-state index in [0.717, 1.165) is 17.9 Å². The lowest BCUT2D eigenvalue weighted by molar-refractivity contribution is -0.148. The second-order valence-electron chi connectivity index (χ2n) is 4.42. The highest BCUT2D eigenvalue weighted by atomic mass is 32.2. The summed E-state index contributed by atoms with van der Waals surface area (Å²) in [7, 11) is 0. The molecular weight excluding hydrogens is 242 g/mol. The summed E-state index contributed by atoms with van der Waals surface area (Å²) in [5, 5.41) is 8.83. The molecule has 0 aromatic carbocycles. The van der Waals surface area contributed by atoms with Gasteiger partial charge in [-0.15, -0.1) is 0 Å². The molecular formula is C11H17NO4S. The molecule has 0 saturated carbocycles. The lowest BCUT2D eigenvalue weighted by atomic mass is 10.0. The molecule has 2 aliphatic heterocycles. The van der Waals surface area contributed by atoms with E-state index in [-0.39, 0.29) is 24.3 Å². The Kier molecular flexibility index (Phi) is 4.28. The highest BCUT2D eigenvalue weighted by Crippen LogP contribution is 2.26. The maximum atomic E-state index is 12.3. The first kappa shape index (κ1) is 12.7. The molecule has 17 heavy (non-hydrogen) atoms. The average molecular weight is 259 g/mol. The van der Waals surface area contributed by atoms with Crippen LogP contribution in [-0.4, -0.2) is 59.2 Å². The summed E-state index contributed by atoms with van der Waals surface area (Å²) < 4.78 is 5.26. The van der Waals surface area contributed by atoms with Gasteiger partial charge in [-0.3, -0.25) is 9.59 Å². The van der Waals surface area contributed by atoms with Crippen LogP contribution >= 0.6 is 11.8 Å². The van der Waals surface area contributed by atoms with Gasteiger partial charge >= 0.3 is 5.97 Å². The molecule has 2 fully saturated rings. The highest BCUT2D eigenvalue weighted by molar-refractivity contribution is 7.99. The molecule has 2 heterocycles. The van der Waals surface area contributed by atoms with Gasteiger partial charge in [0.15, 0.2) is 0 Å². The predicted octanol–water partition coefficient (Wildman–Crippen LogP) is 0.442. The summed E-state index contributed by atoms with van der Waals surface area (Å²) >= 11 is 1.79. The van der Waals surface area contributed by atoms with E-state index in [9.17, 15) is 9.59 Å². The Morgan fingerprint density at radius 2 is 2.29 bits per heavy atom. The summed E-state index contributed by atoms with van der Waals surface area (Å²) in [5.41, 5.74) is 0. The Balaban J connectivity index is 1.99. The van der Waals surface area contributed by atoms with E-state index in [1.54, 1.807) is 16.7 Å². The molecule has 2 atom stereocenters. The molecule has 0 spiro atoms. The fraction of sp³-hybridized carbons (Fsp3) is 0.818. The molecule has 0 aliphatic carbocycles. The fourth-order valence-electron chi connectivity index (χ4n) is 2.28. The maximum absolute atomic E-state index is 12.3. The minimum absolute atomic E-state index is 0.0222. The summed E-state index contributed by atoms with van der Waals surface area (Å²) in [6, 6.07) is -0.292. The maximum Gasteiger partial charge on any atom is 0.305 e. The standard InChI is InChI=1S/C11H17NO4S/c13-10(14)5-9-6-16-3-2-12(9)11(15)8-1-4-17-7-8/h8-9H,1-7H2,(H,13,14). The van der Waals surface area contributed by atoms with Crippen molar-refractivity contribution in [1.29, 1.82) is 0 Å². The molecule has 6 heteroatoms. The Morgan fingerprint density at radius 3 is 2.94 bits per heavy atom. The number of aliphatic carboxylic acids is 1. The van der Waals surface area contributed by atoms with Crippen LogP contribution in [0.25, 0.3) is 0 Å². The molecule has 2 rings (SSSR count). The Labute approximate surface area is 104 Å². The van der Waals surface area contributed by atoms with Gasteiger partial charge in [0, 0.05) is 18.2 Å². The van der Waals surface area contributed by atoms with Gasteiger partial charge in [0.2, 0.25) is 5.91 Å². The van der Waals surface area contributed by atoms with E-state index in [1.807, 2.05) is 0 Å². The SMILES string of the molecule is O=C(O)CC1COCCN1C(=O)C1CCSC1. The summed E-state index contributed by atoms with van der Waals surface area (Å²) in [6.07, 6.45) is 0.895. The summed E-state index contributed by atoms with van der Waals surface area (Å²) in [4.78, 5) is 24.7. The molecule has 0 aromatic rings. The van der Waals surface area contributed by atoms with Crippen molar-refractivity contribution in [2.75, 3.05) is 31.3 Å². The quantitative estimate of drug-likeness (QED) is 0.796. The monoisotopic (exact) mass is 259 g/mol. The Bertz CT molecular complexity index is 304. The topological polar surface area (TPSA) is 66.8 Å². The van der Waals surface area contributed by atoms with Gasteiger partial charge in [-0.2, -0.15) is 11.8 Å². The van der Waals surface area contributed by atoms with Crippen molar-refractivity contribution in [1.82, 2.24) is 4.90 Å². The molecule has 5 nitrogen and oxygen atoms in total. The lowest BCUT2D eigenvalue weighted by Gasteiger charge is -2.36. The minimum atomic E-state index is -0.876. The number of ether oxygens (including phenoxy) is 1. The molecule has 1 N–H and O–H groups in total. The van der Waals surface area contributed by atoms with Gasteiger partial charge in [0.1, 0.15) is 0 Å². The number of nitrogens with zero attached hydrogens (tertiary/aromatic N) is 1. The molecule has 0 bridgehead atoms. The van der Waals surface area contributed by atoms with E-state index >= 15 is 0 Å². The molecule has 2 unspecified atom stereocenters. The van der Waals surface area contributed by atoms with E-state index in [0.29, 0.717) is 19.8 Å². The zero-order chi connectivity index (χ0) is 12.3. The van der Waals surface area contributed by atoms with Gasteiger partial charge < -0.3 is 14.7 Å². The van der Waals surface area contributed by atoms with Crippen LogP contribution in [0.2, 0.25) is 0 Å². The van der Waals surface area contributed by atoms with Crippen molar-refractivity contribution in [3.63, 3.8) is 0 Å². The van der Waals surface area contributed by atoms with Crippen LogP contribution in [0.4, 0.5) is 0 Å². The van der Waals surface area contributed by atoms with E-state index in [2.05, 4.69) is 0 Å². The average Bonchev–Trinajstić information content (AvgIpc) is 2.81. The van der Waals surface area contributed by atoms with Crippen LogP contribution in [0.3, 0.4) is 0 Å². The van der Waals surface area contributed by atoms with Crippen molar-refractivity contribution in [2.24, 2.45) is 5.92 Å². The van der Waals surface area contributed by atoms with Crippen molar-refractivity contribution < 1.29 is 19.4 Å². The Hall–Kier alpha value is -0.750. The molecule has 2 aliphatic rings. The van der Waals surface area contributed by atoms with Crippen molar-refractivity contribution in [3.8, 4) is 0 Å². The summed E-state index contributed by atoms with van der Waals surface area (Å²) in [5.74, 6) is 1.22. The zero-order valence-corrected chi connectivity index (χ0v) is 10.4. The molecule has 96 valence electrons. The smallest absolute Gasteiger partial charge is 0.305 e. The number of carbonyl (C=O) groups excluding carboxylic acids is 1. The third-order valence-corrected chi connectivity index (χ3v) is 4.36. The number of thioether (sulfide) groups is 1. The first-order valence-corrected chi connectivity index (χ1v) is 7.01. The first-order chi connectivity index (χ1) is 8.18. The minimum Gasteiger partial charge on any atom is -0.481 e. The van der Waals surface area contributed by atoms with Crippen LogP contribution in [0.15, 0.2) is 0 Å². The van der Waals surface area contributed by atoms with Crippen molar-refractivity contribution >= 4 is 23.6 Å². The molecule has 2 saturated heterocycles. The van der Waals surface area contributed by atoms with Gasteiger partial charge in [-0.1, -0.05) is 0 Å².